The lowest BCUT2D eigenvalue weighted by Crippen LogP contribution is -2.11. The first-order valence-corrected chi connectivity index (χ1v) is 13.0. The minimum atomic E-state index is 0.0540. The lowest BCUT2D eigenvalue weighted by Gasteiger charge is -2.19. The molecular weight excluding hydrogens is 480 g/mol. The summed E-state index contributed by atoms with van der Waals surface area (Å²) in [5.74, 6) is 3.82. The molecule has 0 amide bonds. The molecule has 2 unspecified atom stereocenters. The van der Waals surface area contributed by atoms with Gasteiger partial charge >= 0.3 is 0 Å². The zero-order valence-electron chi connectivity index (χ0n) is 23.8. The van der Waals surface area contributed by atoms with Crippen LogP contribution in [0.2, 0.25) is 0 Å². The summed E-state index contributed by atoms with van der Waals surface area (Å²) in [6.07, 6.45) is 5.97. The van der Waals surface area contributed by atoms with Crippen LogP contribution in [0.1, 0.15) is 51.7 Å². The van der Waals surface area contributed by atoms with Crippen molar-refractivity contribution in [3.05, 3.63) is 59.7 Å². The Labute approximate surface area is 227 Å². The lowest BCUT2D eigenvalue weighted by molar-refractivity contribution is 0.198. The molecule has 6 nitrogen and oxygen atoms in total. The highest BCUT2D eigenvalue weighted by Gasteiger charge is 2.18. The molecule has 0 bridgehead atoms. The molecule has 3 aromatic carbocycles. The number of ether oxygens (including phenoxy) is 6. The number of hydrogen-bond donors (Lipinski definition) is 0. The van der Waals surface area contributed by atoms with Gasteiger partial charge in [-0.2, -0.15) is 0 Å². The Hall–Kier alpha value is -3.80. The van der Waals surface area contributed by atoms with Crippen molar-refractivity contribution in [2.45, 2.75) is 52.7 Å². The maximum Gasteiger partial charge on any atom is 0.203 e. The van der Waals surface area contributed by atoms with Gasteiger partial charge in [0.1, 0.15) is 0 Å². The molecule has 2 atom stereocenters. The van der Waals surface area contributed by atoms with Gasteiger partial charge in [0.15, 0.2) is 23.0 Å². The summed E-state index contributed by atoms with van der Waals surface area (Å²) < 4.78 is 34.6. The Kier molecular flexibility index (Phi) is 10.3. The molecule has 0 saturated heterocycles. The third-order valence-corrected chi connectivity index (χ3v) is 6.44. The second kappa shape index (κ2) is 13.7. The fourth-order valence-corrected chi connectivity index (χ4v) is 3.82. The van der Waals surface area contributed by atoms with Gasteiger partial charge in [0.2, 0.25) is 11.5 Å². The van der Waals surface area contributed by atoms with Crippen LogP contribution in [0.15, 0.2) is 48.5 Å². The summed E-state index contributed by atoms with van der Waals surface area (Å²) >= 11 is 0. The molecule has 3 aromatic rings. The van der Waals surface area contributed by atoms with Gasteiger partial charge in [-0.3, -0.25) is 0 Å². The molecule has 0 aliphatic heterocycles. The van der Waals surface area contributed by atoms with E-state index in [1.165, 1.54) is 0 Å². The van der Waals surface area contributed by atoms with Gasteiger partial charge in [0.25, 0.3) is 0 Å². The molecule has 3 rings (SSSR count). The van der Waals surface area contributed by atoms with Crippen molar-refractivity contribution < 1.29 is 28.4 Å². The van der Waals surface area contributed by atoms with Crippen LogP contribution in [0.3, 0.4) is 0 Å². The van der Waals surface area contributed by atoms with E-state index in [0.29, 0.717) is 34.5 Å². The Morgan fingerprint density at radius 3 is 1.34 bits per heavy atom. The Morgan fingerprint density at radius 1 is 0.553 bits per heavy atom. The van der Waals surface area contributed by atoms with Crippen molar-refractivity contribution in [1.29, 1.82) is 0 Å². The van der Waals surface area contributed by atoms with E-state index in [1.54, 1.807) is 28.4 Å². The van der Waals surface area contributed by atoms with Gasteiger partial charge in [0.05, 0.1) is 40.6 Å². The van der Waals surface area contributed by atoms with Gasteiger partial charge < -0.3 is 28.4 Å². The van der Waals surface area contributed by atoms with E-state index in [9.17, 15) is 0 Å². The van der Waals surface area contributed by atoms with Crippen molar-refractivity contribution in [2.24, 2.45) is 0 Å². The fourth-order valence-electron chi connectivity index (χ4n) is 3.82. The average molecular weight is 521 g/mol. The molecule has 38 heavy (non-hydrogen) atoms. The number of hydrogen-bond acceptors (Lipinski definition) is 6. The Balaban J connectivity index is 1.86. The molecule has 204 valence electrons. The molecule has 0 aromatic heterocycles. The molecule has 0 aliphatic carbocycles. The second-order valence-electron chi connectivity index (χ2n) is 9.09. The van der Waals surface area contributed by atoms with Gasteiger partial charge in [0, 0.05) is 0 Å². The van der Waals surface area contributed by atoms with Crippen LogP contribution in [-0.4, -0.2) is 40.6 Å². The molecule has 0 radical (unpaired) electrons. The summed E-state index contributed by atoms with van der Waals surface area (Å²) in [4.78, 5) is 0. The van der Waals surface area contributed by atoms with E-state index in [2.05, 4.69) is 44.2 Å². The van der Waals surface area contributed by atoms with Crippen LogP contribution >= 0.6 is 0 Å². The van der Waals surface area contributed by atoms with Gasteiger partial charge in [-0.25, -0.2) is 0 Å². The predicted molar refractivity (Wildman–Crippen MR) is 154 cm³/mol. The maximum atomic E-state index is 6.07. The number of benzene rings is 3. The highest BCUT2D eigenvalue weighted by molar-refractivity contribution is 5.76. The minimum Gasteiger partial charge on any atom is -0.493 e. The third-order valence-electron chi connectivity index (χ3n) is 6.44. The molecule has 0 fully saturated rings. The van der Waals surface area contributed by atoms with E-state index in [1.807, 2.05) is 44.2 Å². The van der Waals surface area contributed by atoms with Crippen LogP contribution in [0.4, 0.5) is 0 Å². The van der Waals surface area contributed by atoms with Crippen molar-refractivity contribution >= 4 is 12.2 Å². The van der Waals surface area contributed by atoms with Gasteiger partial charge in [-0.05, 0) is 73.2 Å². The molecule has 0 N–H and O–H groups in total. The minimum absolute atomic E-state index is 0.0540. The fraction of sp³-hybridized carbons (Fsp3) is 0.375. The van der Waals surface area contributed by atoms with Gasteiger partial charge in [-0.15, -0.1) is 0 Å². The lowest BCUT2D eigenvalue weighted by atomic mass is 10.0. The standard InChI is InChI=1S/C32H40O6/c1-9-21(3)37-31-27(33-5)17-24(18-28(31)34-6)12-11-23-13-15-25(16-14-23)26-19-29(35-7)32(30(20-26)36-8)38-22(4)10-2/h11-22H,9-10H2,1-8H3. The molecule has 0 spiro atoms. The molecule has 0 heterocycles. The Bertz CT molecular complexity index is 1170. The zero-order chi connectivity index (χ0) is 27.7. The van der Waals surface area contributed by atoms with Crippen molar-refractivity contribution in [2.75, 3.05) is 28.4 Å². The number of methoxy groups -OCH3 is 4. The van der Waals surface area contributed by atoms with E-state index >= 15 is 0 Å². The quantitative estimate of drug-likeness (QED) is 0.213. The topological polar surface area (TPSA) is 55.4 Å². The van der Waals surface area contributed by atoms with Crippen LogP contribution in [0.5, 0.6) is 34.5 Å². The van der Waals surface area contributed by atoms with Gasteiger partial charge in [-0.1, -0.05) is 50.3 Å². The third kappa shape index (κ3) is 6.94. The van der Waals surface area contributed by atoms with Crippen molar-refractivity contribution in [3.63, 3.8) is 0 Å². The van der Waals surface area contributed by atoms with Crippen molar-refractivity contribution in [3.8, 4) is 45.6 Å². The first kappa shape index (κ1) is 28.8. The summed E-state index contributed by atoms with van der Waals surface area (Å²) in [5, 5.41) is 0. The van der Waals surface area contributed by atoms with Crippen molar-refractivity contribution in [1.82, 2.24) is 0 Å². The van der Waals surface area contributed by atoms with E-state index in [0.717, 1.165) is 35.1 Å². The normalized spacial score (nSPS) is 12.6. The monoisotopic (exact) mass is 520 g/mol. The molecular formula is C32H40O6. The van der Waals surface area contributed by atoms with Crippen LogP contribution in [-0.2, 0) is 0 Å². The first-order chi connectivity index (χ1) is 18.4. The highest BCUT2D eigenvalue weighted by atomic mass is 16.5. The van der Waals surface area contributed by atoms with E-state index in [4.69, 9.17) is 28.4 Å². The van der Waals surface area contributed by atoms with Crippen LogP contribution in [0, 0.1) is 0 Å². The highest BCUT2D eigenvalue weighted by Crippen LogP contribution is 2.42. The Morgan fingerprint density at radius 2 is 0.947 bits per heavy atom. The predicted octanol–water partition coefficient (Wildman–Crippen LogP) is 7.91. The first-order valence-electron chi connectivity index (χ1n) is 13.0. The molecule has 6 heteroatoms. The smallest absolute Gasteiger partial charge is 0.203 e. The second-order valence-corrected chi connectivity index (χ2v) is 9.09. The zero-order valence-corrected chi connectivity index (χ0v) is 23.8. The number of rotatable bonds is 13. The van der Waals surface area contributed by atoms with Crippen LogP contribution in [0.25, 0.3) is 23.3 Å². The summed E-state index contributed by atoms with van der Waals surface area (Å²) in [7, 11) is 6.56. The molecule has 0 aliphatic rings. The maximum absolute atomic E-state index is 6.07. The summed E-state index contributed by atoms with van der Waals surface area (Å²) in [5.41, 5.74) is 4.04. The van der Waals surface area contributed by atoms with Crippen LogP contribution < -0.4 is 28.4 Å². The SMILES string of the molecule is CCC(C)Oc1c(OC)cc(C=Cc2ccc(-c3cc(OC)c(OC(C)CC)c(OC)c3)cc2)cc1OC. The molecule has 0 saturated carbocycles. The largest absolute Gasteiger partial charge is 0.493 e. The van der Waals surface area contributed by atoms with E-state index in [-0.39, 0.29) is 12.2 Å². The summed E-state index contributed by atoms with van der Waals surface area (Å²) in [6.45, 7) is 8.22. The average Bonchev–Trinajstić information content (AvgIpc) is 2.96. The summed E-state index contributed by atoms with van der Waals surface area (Å²) in [6, 6.07) is 16.2. The van der Waals surface area contributed by atoms with E-state index < -0.39 is 0 Å².